The van der Waals surface area contributed by atoms with Gasteiger partial charge in [-0.2, -0.15) is 5.10 Å². The molecule has 238 valence electrons. The van der Waals surface area contributed by atoms with Crippen molar-refractivity contribution >= 4 is 24.0 Å². The van der Waals surface area contributed by atoms with Crippen LogP contribution in [0.3, 0.4) is 0 Å². The van der Waals surface area contributed by atoms with Crippen molar-refractivity contribution in [2.75, 3.05) is 20.3 Å². The molecule has 0 aliphatic carbocycles. The van der Waals surface area contributed by atoms with Crippen molar-refractivity contribution in [3.8, 4) is 0 Å². The van der Waals surface area contributed by atoms with Crippen LogP contribution >= 0.6 is 0 Å². The molecule has 0 radical (unpaired) electrons. The molecule has 0 amide bonds. The second-order valence-electron chi connectivity index (χ2n) is 10.0. The van der Waals surface area contributed by atoms with Gasteiger partial charge in [0.05, 0.1) is 6.04 Å². The van der Waals surface area contributed by atoms with Gasteiger partial charge in [0.15, 0.2) is 5.76 Å². The monoisotopic (exact) mass is 599 g/mol. The van der Waals surface area contributed by atoms with E-state index in [1.807, 2.05) is 29.4 Å². The highest BCUT2D eigenvalue weighted by molar-refractivity contribution is 5.94. The standard InChI is InChI=1S/C26H31F2N3O.C6H14O.C3H6O/c1-7-9-24(31(30-6)17-19(3)23-11-8-10-18(2)16-23)21-12-14-22(15-13-21)26(29-5)32-20(4)25(27)28;1-3-5-7-6-4-2;1-3(2)4/h8,10-17,24-25H,4,6-7,9H2,1-3,5H3;3-6H2,1-2H3;1-2H3/b19-17+,29-26?;;. The SMILES string of the molecule is C=NN(/C=C(\C)c1cccc(C)c1)C(CCC)c1ccc(C(=NC)OC(=C)C(F)F)cc1.CC(C)=O.CCCOCCC. The van der Waals surface area contributed by atoms with E-state index in [1.54, 1.807) is 12.1 Å². The van der Waals surface area contributed by atoms with Crippen molar-refractivity contribution in [3.05, 3.63) is 89.3 Å². The van der Waals surface area contributed by atoms with Gasteiger partial charge in [-0.3, -0.25) is 10.0 Å². The van der Waals surface area contributed by atoms with Gasteiger partial charge in [0.1, 0.15) is 5.78 Å². The topological polar surface area (TPSA) is 63.5 Å². The fourth-order valence-corrected chi connectivity index (χ4v) is 3.76. The minimum Gasteiger partial charge on any atom is -0.438 e. The Balaban J connectivity index is 0.00000136. The zero-order valence-electron chi connectivity index (χ0n) is 27.3. The molecule has 6 nitrogen and oxygen atoms in total. The number of carbonyl (C=O) groups excluding carboxylic acids is 1. The highest BCUT2D eigenvalue weighted by Gasteiger charge is 2.19. The fraction of sp³-hybridized carbons (Fsp3) is 0.457. The maximum absolute atomic E-state index is 12.8. The van der Waals surface area contributed by atoms with E-state index in [2.05, 4.69) is 76.2 Å². The Morgan fingerprint density at radius 2 is 1.56 bits per heavy atom. The zero-order chi connectivity index (χ0) is 32.8. The Labute approximate surface area is 258 Å². The number of rotatable bonds is 14. The summed E-state index contributed by atoms with van der Waals surface area (Å²) in [6.45, 7) is 22.4. The summed E-state index contributed by atoms with van der Waals surface area (Å²) >= 11 is 0. The second-order valence-corrected chi connectivity index (χ2v) is 10.0. The minimum absolute atomic E-state index is 0.0229. The minimum atomic E-state index is -2.77. The molecular weight excluding hydrogens is 548 g/mol. The Morgan fingerprint density at radius 3 is 2.00 bits per heavy atom. The molecule has 0 heterocycles. The highest BCUT2D eigenvalue weighted by atomic mass is 19.3. The molecule has 1 atom stereocenters. The summed E-state index contributed by atoms with van der Waals surface area (Å²) in [5.74, 6) is -0.361. The predicted molar refractivity (Wildman–Crippen MR) is 177 cm³/mol. The lowest BCUT2D eigenvalue weighted by Gasteiger charge is -2.27. The Kier molecular flexibility index (Phi) is 20.9. The van der Waals surface area contributed by atoms with Crippen LogP contribution in [0, 0.1) is 6.92 Å². The lowest BCUT2D eigenvalue weighted by Crippen LogP contribution is -2.19. The van der Waals surface area contributed by atoms with E-state index < -0.39 is 12.2 Å². The number of Topliss-reactive ketones (excluding diaryl/α,β-unsaturated/α-hetero) is 1. The number of allylic oxidation sites excluding steroid dienone is 2. The molecule has 0 spiro atoms. The molecule has 8 heteroatoms. The van der Waals surface area contributed by atoms with Crippen LogP contribution in [0.2, 0.25) is 0 Å². The summed E-state index contributed by atoms with van der Waals surface area (Å²) in [7, 11) is 1.49. The van der Waals surface area contributed by atoms with Crippen LogP contribution in [0.1, 0.15) is 95.5 Å². The number of aryl methyl sites for hydroxylation is 1. The molecule has 0 aliphatic heterocycles. The van der Waals surface area contributed by atoms with Crippen LogP contribution in [0.4, 0.5) is 8.78 Å². The molecule has 2 aromatic carbocycles. The van der Waals surface area contributed by atoms with E-state index in [-0.39, 0.29) is 17.7 Å². The number of carbonyl (C=O) groups is 1. The average molecular weight is 600 g/mol. The van der Waals surface area contributed by atoms with Crippen molar-refractivity contribution in [1.82, 2.24) is 5.01 Å². The van der Waals surface area contributed by atoms with Crippen molar-refractivity contribution in [3.63, 3.8) is 0 Å². The zero-order valence-corrected chi connectivity index (χ0v) is 27.3. The van der Waals surface area contributed by atoms with Crippen molar-refractivity contribution < 1.29 is 23.0 Å². The molecule has 2 rings (SSSR count). The van der Waals surface area contributed by atoms with Gasteiger partial charge in [-0.25, -0.2) is 8.78 Å². The number of hydrogen-bond donors (Lipinski definition) is 0. The van der Waals surface area contributed by atoms with Gasteiger partial charge in [0.25, 0.3) is 6.43 Å². The molecule has 0 aliphatic rings. The third-order valence-corrected chi connectivity index (χ3v) is 5.76. The van der Waals surface area contributed by atoms with Gasteiger partial charge in [-0.05, 0) is 75.8 Å². The molecule has 0 N–H and O–H groups in total. The van der Waals surface area contributed by atoms with E-state index >= 15 is 0 Å². The molecular formula is C35H51F2N3O3. The lowest BCUT2D eigenvalue weighted by molar-refractivity contribution is -0.115. The number of ketones is 1. The molecule has 2 aromatic rings. The predicted octanol–water partition coefficient (Wildman–Crippen LogP) is 9.40. The maximum atomic E-state index is 12.8. The molecule has 0 fully saturated rings. The number of nitrogens with zero attached hydrogens (tertiary/aromatic N) is 3. The first kappa shape index (κ1) is 39.4. The van der Waals surface area contributed by atoms with Crippen molar-refractivity contribution in [2.45, 2.75) is 86.6 Å². The summed E-state index contributed by atoms with van der Waals surface area (Å²) in [4.78, 5) is 13.4. The first-order valence-electron chi connectivity index (χ1n) is 14.7. The number of benzene rings is 2. The Hall–Kier alpha value is -3.65. The van der Waals surface area contributed by atoms with E-state index in [4.69, 9.17) is 9.47 Å². The van der Waals surface area contributed by atoms with Crippen molar-refractivity contribution in [1.29, 1.82) is 0 Å². The molecule has 0 saturated heterocycles. The van der Waals surface area contributed by atoms with E-state index in [0.29, 0.717) is 5.56 Å². The first-order valence-corrected chi connectivity index (χ1v) is 14.7. The van der Waals surface area contributed by atoms with E-state index in [0.717, 1.165) is 55.6 Å². The number of alkyl halides is 2. The molecule has 0 saturated carbocycles. The van der Waals surface area contributed by atoms with Crippen LogP contribution in [-0.2, 0) is 14.3 Å². The maximum Gasteiger partial charge on any atom is 0.294 e. The van der Waals surface area contributed by atoms with Gasteiger partial charge in [0.2, 0.25) is 5.90 Å². The van der Waals surface area contributed by atoms with Gasteiger partial charge in [-0.1, -0.05) is 75.7 Å². The summed E-state index contributed by atoms with van der Waals surface area (Å²) in [6, 6.07) is 15.8. The number of hydrazone groups is 1. The second kappa shape index (κ2) is 22.9. The van der Waals surface area contributed by atoms with Crippen LogP contribution in [0.5, 0.6) is 0 Å². The largest absolute Gasteiger partial charge is 0.438 e. The van der Waals surface area contributed by atoms with Crippen LogP contribution < -0.4 is 0 Å². The lowest BCUT2D eigenvalue weighted by atomic mass is 9.99. The van der Waals surface area contributed by atoms with E-state index in [9.17, 15) is 13.6 Å². The Bertz CT molecular complexity index is 1150. The third kappa shape index (κ3) is 16.5. The molecule has 0 bridgehead atoms. The summed E-state index contributed by atoms with van der Waals surface area (Å²) in [5.41, 5.74) is 5.03. The number of halogens is 2. The molecule has 1 unspecified atom stereocenters. The molecule has 43 heavy (non-hydrogen) atoms. The summed E-state index contributed by atoms with van der Waals surface area (Å²) < 4.78 is 35.8. The average Bonchev–Trinajstić information content (AvgIpc) is 2.98. The Morgan fingerprint density at radius 1 is 0.977 bits per heavy atom. The number of hydrogen-bond acceptors (Lipinski definition) is 6. The highest BCUT2D eigenvalue weighted by Crippen LogP contribution is 2.29. The van der Waals surface area contributed by atoms with Crippen LogP contribution in [-0.4, -0.2) is 50.1 Å². The summed E-state index contributed by atoms with van der Waals surface area (Å²) in [5, 5.41) is 6.14. The van der Waals surface area contributed by atoms with Gasteiger partial charge >= 0.3 is 0 Å². The third-order valence-electron chi connectivity index (χ3n) is 5.76. The fourth-order valence-electron chi connectivity index (χ4n) is 3.76. The van der Waals surface area contributed by atoms with Gasteiger partial charge in [0, 0.05) is 38.7 Å². The van der Waals surface area contributed by atoms with E-state index in [1.165, 1.54) is 26.5 Å². The number of ether oxygens (including phenoxy) is 2. The van der Waals surface area contributed by atoms with Crippen molar-refractivity contribution in [2.24, 2.45) is 10.1 Å². The molecule has 0 aromatic heterocycles. The smallest absolute Gasteiger partial charge is 0.294 e. The van der Waals surface area contributed by atoms with Crippen LogP contribution in [0.25, 0.3) is 5.57 Å². The van der Waals surface area contributed by atoms with Crippen LogP contribution in [0.15, 0.2) is 77.2 Å². The first-order chi connectivity index (χ1) is 20.4. The number of aliphatic imine (C=N–C) groups is 1. The van der Waals surface area contributed by atoms with Gasteiger partial charge in [-0.15, -0.1) is 0 Å². The quantitative estimate of drug-likeness (QED) is 0.0713. The normalized spacial score (nSPS) is 11.9. The van der Waals surface area contributed by atoms with Gasteiger partial charge < -0.3 is 14.3 Å². The summed E-state index contributed by atoms with van der Waals surface area (Å²) in [6.07, 6.45) is 3.33.